The zero-order valence-corrected chi connectivity index (χ0v) is 13.0. The predicted octanol–water partition coefficient (Wildman–Crippen LogP) is 2.71. The first-order valence-corrected chi connectivity index (χ1v) is 7.73. The van der Waals surface area contributed by atoms with Crippen molar-refractivity contribution in [1.29, 1.82) is 0 Å². The van der Waals surface area contributed by atoms with Crippen LogP contribution in [0.5, 0.6) is 0 Å². The molecule has 1 saturated heterocycles. The van der Waals surface area contributed by atoms with E-state index in [0.717, 1.165) is 31.4 Å². The third-order valence-corrected chi connectivity index (χ3v) is 4.01. The summed E-state index contributed by atoms with van der Waals surface area (Å²) in [6.07, 6.45) is 6.02. The minimum absolute atomic E-state index is 0.0801. The van der Waals surface area contributed by atoms with Crippen LogP contribution in [0.25, 0.3) is 11.3 Å². The third-order valence-electron chi connectivity index (χ3n) is 4.01. The number of halogens is 1. The molecule has 3 rings (SSSR count). The molecule has 23 heavy (non-hydrogen) atoms. The highest BCUT2D eigenvalue weighted by Gasteiger charge is 2.24. The molecule has 2 aromatic rings. The standard InChI is InChI=1S/C17H19FN4O/c1-22-9-3-2-4-14(17(22)23)20-16-11-19-10-15(21-16)12-5-7-13(18)8-6-12/h5-8,10-11,14H,2-4,9H2,1H3,(H,20,21)/t14-/m1/s1. The molecule has 1 aromatic carbocycles. The van der Waals surface area contributed by atoms with Gasteiger partial charge in [-0.05, 0) is 43.5 Å². The van der Waals surface area contributed by atoms with Crippen molar-refractivity contribution >= 4 is 11.7 Å². The van der Waals surface area contributed by atoms with Crippen molar-refractivity contribution in [1.82, 2.24) is 14.9 Å². The fraction of sp³-hybridized carbons (Fsp3) is 0.353. The first-order chi connectivity index (χ1) is 11.1. The van der Waals surface area contributed by atoms with Gasteiger partial charge in [-0.1, -0.05) is 0 Å². The van der Waals surface area contributed by atoms with Gasteiger partial charge in [-0.25, -0.2) is 9.37 Å². The molecular formula is C17H19FN4O. The topological polar surface area (TPSA) is 58.1 Å². The lowest BCUT2D eigenvalue weighted by Crippen LogP contribution is -2.39. The van der Waals surface area contributed by atoms with Crippen molar-refractivity contribution in [3.63, 3.8) is 0 Å². The Hall–Kier alpha value is -2.50. The summed E-state index contributed by atoms with van der Waals surface area (Å²) >= 11 is 0. The number of hydrogen-bond donors (Lipinski definition) is 1. The summed E-state index contributed by atoms with van der Waals surface area (Å²) in [5, 5.41) is 3.18. The Kier molecular flexibility index (Phi) is 4.50. The summed E-state index contributed by atoms with van der Waals surface area (Å²) in [7, 11) is 1.82. The van der Waals surface area contributed by atoms with Crippen LogP contribution in [0, 0.1) is 5.82 Å². The Labute approximate surface area is 134 Å². The van der Waals surface area contributed by atoms with Crippen LogP contribution in [0.3, 0.4) is 0 Å². The van der Waals surface area contributed by atoms with E-state index in [1.165, 1.54) is 12.1 Å². The smallest absolute Gasteiger partial charge is 0.244 e. The number of nitrogens with zero attached hydrogens (tertiary/aromatic N) is 3. The first kappa shape index (κ1) is 15.4. The number of rotatable bonds is 3. The first-order valence-electron chi connectivity index (χ1n) is 7.73. The number of benzene rings is 1. The summed E-state index contributed by atoms with van der Waals surface area (Å²) in [6, 6.07) is 5.82. The molecule has 0 bridgehead atoms. The Morgan fingerprint density at radius 1 is 1.22 bits per heavy atom. The van der Waals surface area contributed by atoms with Crippen LogP contribution in [0.15, 0.2) is 36.7 Å². The molecule has 1 aliphatic rings. The van der Waals surface area contributed by atoms with Gasteiger partial charge in [0, 0.05) is 19.2 Å². The van der Waals surface area contributed by atoms with E-state index >= 15 is 0 Å². The molecule has 0 saturated carbocycles. The molecule has 5 nitrogen and oxygen atoms in total. The van der Waals surface area contributed by atoms with Gasteiger partial charge in [0.25, 0.3) is 0 Å². The Bertz CT molecular complexity index is 689. The summed E-state index contributed by atoms with van der Waals surface area (Å²) in [6.45, 7) is 0.790. The normalized spacial score (nSPS) is 18.6. The number of likely N-dealkylation sites (N-methyl/N-ethyl adjacent to an activating group) is 1. The average Bonchev–Trinajstić information content (AvgIpc) is 2.72. The van der Waals surface area contributed by atoms with Crippen LogP contribution < -0.4 is 5.32 Å². The molecule has 6 heteroatoms. The second-order valence-electron chi connectivity index (χ2n) is 5.75. The molecule has 1 fully saturated rings. The Morgan fingerprint density at radius 3 is 2.78 bits per heavy atom. The molecule has 0 aliphatic carbocycles. The van der Waals surface area contributed by atoms with E-state index in [1.54, 1.807) is 29.4 Å². The van der Waals surface area contributed by atoms with E-state index in [4.69, 9.17) is 0 Å². The van der Waals surface area contributed by atoms with E-state index in [1.807, 2.05) is 7.05 Å². The number of hydrogen-bond acceptors (Lipinski definition) is 4. The quantitative estimate of drug-likeness (QED) is 0.946. The number of likely N-dealkylation sites (tertiary alicyclic amines) is 1. The molecule has 1 amide bonds. The van der Waals surface area contributed by atoms with E-state index in [-0.39, 0.29) is 17.8 Å². The van der Waals surface area contributed by atoms with Gasteiger partial charge in [0.05, 0.1) is 18.1 Å². The van der Waals surface area contributed by atoms with Gasteiger partial charge >= 0.3 is 0 Å². The second-order valence-corrected chi connectivity index (χ2v) is 5.75. The van der Waals surface area contributed by atoms with Gasteiger partial charge in [-0.15, -0.1) is 0 Å². The van der Waals surface area contributed by atoms with Gasteiger partial charge in [0.1, 0.15) is 17.7 Å². The highest BCUT2D eigenvalue weighted by atomic mass is 19.1. The van der Waals surface area contributed by atoms with E-state index in [0.29, 0.717) is 11.5 Å². The molecule has 1 N–H and O–H groups in total. The maximum atomic E-state index is 13.0. The minimum atomic E-state index is -0.289. The van der Waals surface area contributed by atoms with Crippen LogP contribution in [-0.4, -0.2) is 40.4 Å². The Balaban J connectivity index is 1.79. The minimum Gasteiger partial charge on any atom is -0.357 e. The number of carbonyl (C=O) groups is 1. The number of aromatic nitrogens is 2. The zero-order chi connectivity index (χ0) is 16.2. The number of anilines is 1. The van der Waals surface area contributed by atoms with E-state index < -0.39 is 0 Å². The van der Waals surface area contributed by atoms with Crippen LogP contribution >= 0.6 is 0 Å². The van der Waals surface area contributed by atoms with Gasteiger partial charge < -0.3 is 10.2 Å². The van der Waals surface area contributed by atoms with Crippen LogP contribution in [0.4, 0.5) is 10.2 Å². The van der Waals surface area contributed by atoms with Crippen LogP contribution in [0.2, 0.25) is 0 Å². The van der Waals surface area contributed by atoms with E-state index in [9.17, 15) is 9.18 Å². The zero-order valence-electron chi connectivity index (χ0n) is 13.0. The predicted molar refractivity (Wildman–Crippen MR) is 86.3 cm³/mol. The second kappa shape index (κ2) is 6.73. The number of nitrogens with one attached hydrogen (secondary N) is 1. The maximum Gasteiger partial charge on any atom is 0.244 e. The number of amides is 1. The van der Waals surface area contributed by atoms with E-state index in [2.05, 4.69) is 15.3 Å². The van der Waals surface area contributed by atoms with Crippen LogP contribution in [-0.2, 0) is 4.79 Å². The average molecular weight is 314 g/mol. The summed E-state index contributed by atoms with van der Waals surface area (Å²) in [5.41, 5.74) is 1.43. The summed E-state index contributed by atoms with van der Waals surface area (Å²) in [5.74, 6) is 0.347. The lowest BCUT2D eigenvalue weighted by Gasteiger charge is -2.21. The van der Waals surface area contributed by atoms with Crippen molar-refractivity contribution in [2.24, 2.45) is 0 Å². The molecule has 0 unspecified atom stereocenters. The molecule has 120 valence electrons. The summed E-state index contributed by atoms with van der Waals surface area (Å²) < 4.78 is 13.0. The van der Waals surface area contributed by atoms with Crippen molar-refractivity contribution in [3.05, 3.63) is 42.5 Å². The third kappa shape index (κ3) is 3.64. The lowest BCUT2D eigenvalue weighted by molar-refractivity contribution is -0.130. The molecule has 1 atom stereocenters. The Morgan fingerprint density at radius 2 is 2.00 bits per heavy atom. The fourth-order valence-electron chi connectivity index (χ4n) is 2.70. The number of carbonyl (C=O) groups excluding carboxylic acids is 1. The van der Waals surface area contributed by atoms with Gasteiger partial charge in [0.2, 0.25) is 5.91 Å². The SMILES string of the molecule is CN1CCCC[C@@H](Nc2cncc(-c3ccc(F)cc3)n2)C1=O. The van der Waals surface area contributed by atoms with Crippen molar-refractivity contribution in [2.75, 3.05) is 18.9 Å². The maximum absolute atomic E-state index is 13.0. The molecule has 0 radical (unpaired) electrons. The van der Waals surface area contributed by atoms with Crippen molar-refractivity contribution in [2.45, 2.75) is 25.3 Å². The molecular weight excluding hydrogens is 295 g/mol. The molecule has 2 heterocycles. The monoisotopic (exact) mass is 314 g/mol. The van der Waals surface area contributed by atoms with Crippen molar-refractivity contribution in [3.8, 4) is 11.3 Å². The summed E-state index contributed by atoms with van der Waals surface area (Å²) in [4.78, 5) is 22.7. The van der Waals surface area contributed by atoms with Gasteiger partial charge in [-0.3, -0.25) is 9.78 Å². The molecule has 1 aromatic heterocycles. The lowest BCUT2D eigenvalue weighted by atomic mass is 10.1. The van der Waals surface area contributed by atoms with Crippen molar-refractivity contribution < 1.29 is 9.18 Å². The van der Waals surface area contributed by atoms with Gasteiger partial charge in [-0.2, -0.15) is 0 Å². The molecule has 0 spiro atoms. The molecule has 1 aliphatic heterocycles. The largest absolute Gasteiger partial charge is 0.357 e. The highest BCUT2D eigenvalue weighted by Crippen LogP contribution is 2.20. The van der Waals surface area contributed by atoms with Crippen LogP contribution in [0.1, 0.15) is 19.3 Å². The fourth-order valence-corrected chi connectivity index (χ4v) is 2.70. The van der Waals surface area contributed by atoms with Gasteiger partial charge in [0.15, 0.2) is 0 Å². The highest BCUT2D eigenvalue weighted by molar-refractivity contribution is 5.84.